The minimum atomic E-state index is -0.168. The fraction of sp³-hybridized carbons (Fsp3) is 0.500. The highest BCUT2D eigenvalue weighted by Gasteiger charge is 2.20. The van der Waals surface area contributed by atoms with E-state index in [1.54, 1.807) is 11.8 Å². The molecule has 0 unspecified atom stereocenters. The van der Waals surface area contributed by atoms with E-state index in [4.69, 9.17) is 5.84 Å². The maximum absolute atomic E-state index is 11.1. The standard InChI is InChI=1S/C14H22N2O2S/c1-9-7-10(19-6-5-12(17)16-15)8-11(13(9)18)14(2,3)4/h7-8,18H,5-6,15H2,1-4H3,(H,16,17). The summed E-state index contributed by atoms with van der Waals surface area (Å²) in [5, 5.41) is 10.1. The van der Waals surface area contributed by atoms with Gasteiger partial charge in [-0.2, -0.15) is 0 Å². The second-order valence-electron chi connectivity index (χ2n) is 5.55. The fourth-order valence-corrected chi connectivity index (χ4v) is 2.72. The summed E-state index contributed by atoms with van der Waals surface area (Å²) in [5.74, 6) is 5.89. The number of phenolic OH excluding ortho intramolecular Hbond substituents is 1. The number of benzene rings is 1. The van der Waals surface area contributed by atoms with Crippen LogP contribution >= 0.6 is 11.8 Å². The number of nitrogens with two attached hydrogens (primary N) is 1. The Morgan fingerprint density at radius 2 is 2.05 bits per heavy atom. The van der Waals surface area contributed by atoms with Crippen LogP contribution in [-0.4, -0.2) is 16.8 Å². The zero-order valence-corrected chi connectivity index (χ0v) is 12.7. The average molecular weight is 282 g/mol. The van der Waals surface area contributed by atoms with Crippen LogP contribution in [0.15, 0.2) is 17.0 Å². The molecule has 1 amide bonds. The Hall–Kier alpha value is -1.20. The maximum atomic E-state index is 11.1. The zero-order valence-electron chi connectivity index (χ0n) is 11.9. The number of amides is 1. The van der Waals surface area contributed by atoms with Crippen molar-refractivity contribution < 1.29 is 9.90 Å². The summed E-state index contributed by atoms with van der Waals surface area (Å²) in [4.78, 5) is 12.1. The first-order valence-corrected chi connectivity index (χ1v) is 7.20. The second-order valence-corrected chi connectivity index (χ2v) is 6.72. The van der Waals surface area contributed by atoms with Gasteiger partial charge < -0.3 is 5.11 Å². The number of thioether (sulfide) groups is 1. The predicted octanol–water partition coefficient (Wildman–Crippen LogP) is 2.47. The molecule has 4 nitrogen and oxygen atoms in total. The van der Waals surface area contributed by atoms with Crippen LogP contribution in [0.25, 0.3) is 0 Å². The van der Waals surface area contributed by atoms with Gasteiger partial charge in [0, 0.05) is 22.6 Å². The van der Waals surface area contributed by atoms with Gasteiger partial charge in [-0.3, -0.25) is 10.2 Å². The Bertz CT molecular complexity index is 467. The van der Waals surface area contributed by atoms with Gasteiger partial charge in [-0.05, 0) is 30.0 Å². The average Bonchev–Trinajstić information content (AvgIpc) is 2.31. The molecular weight excluding hydrogens is 260 g/mol. The van der Waals surface area contributed by atoms with Crippen LogP contribution in [0.1, 0.15) is 38.3 Å². The van der Waals surface area contributed by atoms with Crippen molar-refractivity contribution in [2.75, 3.05) is 5.75 Å². The molecule has 0 atom stereocenters. The van der Waals surface area contributed by atoms with Crippen molar-refractivity contribution in [2.24, 2.45) is 5.84 Å². The monoisotopic (exact) mass is 282 g/mol. The third kappa shape index (κ3) is 4.44. The van der Waals surface area contributed by atoms with Gasteiger partial charge in [0.2, 0.25) is 5.91 Å². The van der Waals surface area contributed by atoms with Crippen molar-refractivity contribution in [1.29, 1.82) is 0 Å². The van der Waals surface area contributed by atoms with Crippen LogP contribution in [0, 0.1) is 6.92 Å². The summed E-state index contributed by atoms with van der Waals surface area (Å²) in [6.45, 7) is 8.09. The number of hydrogen-bond donors (Lipinski definition) is 3. The van der Waals surface area contributed by atoms with Crippen molar-refractivity contribution in [3.63, 3.8) is 0 Å². The number of rotatable bonds is 4. The van der Waals surface area contributed by atoms with E-state index in [1.807, 2.05) is 19.1 Å². The van der Waals surface area contributed by atoms with E-state index in [2.05, 4.69) is 26.2 Å². The number of aryl methyl sites for hydroxylation is 1. The Balaban J connectivity index is 2.86. The largest absolute Gasteiger partial charge is 0.507 e. The van der Waals surface area contributed by atoms with Crippen LogP contribution < -0.4 is 11.3 Å². The third-order valence-electron chi connectivity index (χ3n) is 2.84. The lowest BCUT2D eigenvalue weighted by molar-refractivity contribution is -0.120. The van der Waals surface area contributed by atoms with Crippen LogP contribution in [0.2, 0.25) is 0 Å². The molecule has 106 valence electrons. The number of carbonyl (C=O) groups is 1. The molecule has 0 fully saturated rings. The van der Waals surface area contributed by atoms with Crippen molar-refractivity contribution in [1.82, 2.24) is 5.43 Å². The van der Waals surface area contributed by atoms with Gasteiger partial charge in [0.05, 0.1) is 0 Å². The smallest absolute Gasteiger partial charge is 0.234 e. The summed E-state index contributed by atoms with van der Waals surface area (Å²) in [6, 6.07) is 3.93. The molecule has 0 aliphatic heterocycles. The van der Waals surface area contributed by atoms with Crippen LogP contribution in [0.3, 0.4) is 0 Å². The quantitative estimate of drug-likeness (QED) is 0.343. The number of hydrazine groups is 1. The van der Waals surface area contributed by atoms with E-state index in [1.165, 1.54) is 0 Å². The Morgan fingerprint density at radius 1 is 1.42 bits per heavy atom. The molecule has 0 saturated carbocycles. The van der Waals surface area contributed by atoms with E-state index >= 15 is 0 Å². The zero-order chi connectivity index (χ0) is 14.6. The summed E-state index contributed by atoms with van der Waals surface area (Å²) >= 11 is 1.59. The summed E-state index contributed by atoms with van der Waals surface area (Å²) in [7, 11) is 0. The molecule has 0 aromatic heterocycles. The van der Waals surface area contributed by atoms with E-state index in [0.717, 1.165) is 16.0 Å². The molecule has 0 aliphatic rings. The summed E-state index contributed by atoms with van der Waals surface area (Å²) in [5.41, 5.74) is 3.79. The molecule has 0 heterocycles. The van der Waals surface area contributed by atoms with Gasteiger partial charge in [-0.15, -0.1) is 11.8 Å². The lowest BCUT2D eigenvalue weighted by Crippen LogP contribution is -2.30. The van der Waals surface area contributed by atoms with Gasteiger partial charge in [-0.25, -0.2) is 5.84 Å². The van der Waals surface area contributed by atoms with Crippen molar-refractivity contribution in [2.45, 2.75) is 44.4 Å². The molecule has 5 heteroatoms. The van der Waals surface area contributed by atoms with Gasteiger partial charge in [0.15, 0.2) is 0 Å². The first-order chi connectivity index (χ1) is 8.75. The Labute approximate surface area is 118 Å². The summed E-state index contributed by atoms with van der Waals surface area (Å²) < 4.78 is 0. The van der Waals surface area contributed by atoms with E-state index in [9.17, 15) is 9.90 Å². The van der Waals surface area contributed by atoms with Crippen LogP contribution in [0.5, 0.6) is 5.75 Å². The number of hydrogen-bond acceptors (Lipinski definition) is 4. The highest BCUT2D eigenvalue weighted by molar-refractivity contribution is 7.99. The Morgan fingerprint density at radius 3 is 2.58 bits per heavy atom. The van der Waals surface area contributed by atoms with Gasteiger partial charge in [-0.1, -0.05) is 20.8 Å². The molecule has 0 aliphatic carbocycles. The fourth-order valence-electron chi connectivity index (χ4n) is 1.74. The first kappa shape index (κ1) is 15.9. The van der Waals surface area contributed by atoms with Gasteiger partial charge >= 0.3 is 0 Å². The van der Waals surface area contributed by atoms with Crippen molar-refractivity contribution in [3.05, 3.63) is 23.3 Å². The molecule has 19 heavy (non-hydrogen) atoms. The van der Waals surface area contributed by atoms with Crippen molar-refractivity contribution in [3.8, 4) is 5.75 Å². The highest BCUT2D eigenvalue weighted by Crippen LogP contribution is 2.36. The van der Waals surface area contributed by atoms with E-state index in [0.29, 0.717) is 17.9 Å². The van der Waals surface area contributed by atoms with Crippen LogP contribution in [-0.2, 0) is 10.2 Å². The summed E-state index contributed by atoms with van der Waals surface area (Å²) in [6.07, 6.45) is 0.381. The topological polar surface area (TPSA) is 75.4 Å². The normalized spacial score (nSPS) is 11.4. The molecule has 1 aromatic rings. The van der Waals surface area contributed by atoms with Gasteiger partial charge in [0.1, 0.15) is 5.75 Å². The van der Waals surface area contributed by atoms with E-state index in [-0.39, 0.29) is 11.3 Å². The van der Waals surface area contributed by atoms with Crippen LogP contribution in [0.4, 0.5) is 0 Å². The molecule has 0 radical (unpaired) electrons. The Kier molecular flexibility index (Phi) is 5.26. The number of aromatic hydroxyl groups is 1. The SMILES string of the molecule is Cc1cc(SCCC(=O)NN)cc(C(C)(C)C)c1O. The number of nitrogens with one attached hydrogen (secondary N) is 1. The minimum absolute atomic E-state index is 0.111. The molecule has 0 spiro atoms. The maximum Gasteiger partial charge on any atom is 0.234 e. The lowest BCUT2D eigenvalue weighted by Gasteiger charge is -2.22. The minimum Gasteiger partial charge on any atom is -0.507 e. The van der Waals surface area contributed by atoms with Gasteiger partial charge in [0.25, 0.3) is 0 Å². The van der Waals surface area contributed by atoms with Crippen molar-refractivity contribution >= 4 is 17.7 Å². The number of phenols is 1. The first-order valence-electron chi connectivity index (χ1n) is 6.22. The number of carbonyl (C=O) groups excluding carboxylic acids is 1. The molecule has 1 rings (SSSR count). The molecule has 4 N–H and O–H groups in total. The molecular formula is C14H22N2O2S. The molecule has 0 bridgehead atoms. The molecule has 1 aromatic carbocycles. The molecule has 0 saturated heterocycles. The highest BCUT2D eigenvalue weighted by atomic mass is 32.2. The van der Waals surface area contributed by atoms with E-state index < -0.39 is 0 Å². The predicted molar refractivity (Wildman–Crippen MR) is 79.2 cm³/mol. The lowest BCUT2D eigenvalue weighted by atomic mass is 9.85. The third-order valence-corrected chi connectivity index (χ3v) is 3.82. The second kappa shape index (κ2) is 6.30.